The van der Waals surface area contributed by atoms with Crippen LogP contribution in [0.4, 0.5) is 0 Å². The number of hydrogen-bond donors (Lipinski definition) is 0. The molecule has 0 radical (unpaired) electrons. The minimum absolute atomic E-state index is 0.0283. The van der Waals surface area contributed by atoms with Gasteiger partial charge in [-0.3, -0.25) is 4.79 Å². The molecule has 6 heteroatoms. The van der Waals surface area contributed by atoms with Gasteiger partial charge in [0, 0.05) is 29.3 Å². The highest BCUT2D eigenvalue weighted by Crippen LogP contribution is 2.22. The first-order chi connectivity index (χ1) is 12.2. The monoisotopic (exact) mass is 371 g/mol. The van der Waals surface area contributed by atoms with E-state index >= 15 is 0 Å². The van der Waals surface area contributed by atoms with E-state index in [1.807, 2.05) is 55.6 Å². The highest BCUT2D eigenvalue weighted by Gasteiger charge is 2.10. The Bertz CT molecular complexity index is 870. The summed E-state index contributed by atoms with van der Waals surface area (Å²) in [4.78, 5) is 15.3. The van der Waals surface area contributed by atoms with Gasteiger partial charge >= 0.3 is 0 Å². The van der Waals surface area contributed by atoms with Crippen LogP contribution in [0.15, 0.2) is 60.9 Å². The van der Waals surface area contributed by atoms with Crippen molar-refractivity contribution in [2.24, 2.45) is 0 Å². The van der Waals surface area contributed by atoms with Gasteiger partial charge in [0.2, 0.25) is 5.91 Å². The molecule has 0 bridgehead atoms. The third-order valence-electron chi connectivity index (χ3n) is 3.71. The summed E-state index contributed by atoms with van der Waals surface area (Å²) in [5.74, 6) is -0.0283. The first kappa shape index (κ1) is 17.5. The Labute approximate surface area is 156 Å². The fourth-order valence-electron chi connectivity index (χ4n) is 2.39. The molecule has 2 heterocycles. The molecule has 0 spiro atoms. The van der Waals surface area contributed by atoms with Gasteiger partial charge in [0.25, 0.3) is 0 Å². The minimum atomic E-state index is -0.0283. The topological polar surface area (TPSA) is 38.1 Å². The van der Waals surface area contributed by atoms with Crippen molar-refractivity contribution in [1.29, 1.82) is 0 Å². The van der Waals surface area contributed by atoms with Crippen LogP contribution in [-0.4, -0.2) is 27.1 Å². The summed E-state index contributed by atoms with van der Waals surface area (Å²) in [7, 11) is 0. The van der Waals surface area contributed by atoms with Crippen molar-refractivity contribution in [3.63, 3.8) is 0 Å². The summed E-state index contributed by atoms with van der Waals surface area (Å²) in [6.07, 6.45) is 7.02. The number of para-hydroxylation sites is 1. The maximum absolute atomic E-state index is 12.4. The second-order valence-electron chi connectivity index (χ2n) is 5.45. The van der Waals surface area contributed by atoms with E-state index < -0.39 is 0 Å². The highest BCUT2D eigenvalue weighted by atomic mass is 35.5. The van der Waals surface area contributed by atoms with E-state index in [9.17, 15) is 4.79 Å². The van der Waals surface area contributed by atoms with Crippen molar-refractivity contribution in [2.75, 3.05) is 6.54 Å². The van der Waals surface area contributed by atoms with Crippen molar-refractivity contribution >= 4 is 34.9 Å². The average Bonchev–Trinajstić information content (AvgIpc) is 3.27. The fraction of sp³-hybridized carbons (Fsp3) is 0.158. The minimum Gasteiger partial charge on any atom is -0.334 e. The molecule has 128 valence electrons. The number of rotatable bonds is 6. The summed E-state index contributed by atoms with van der Waals surface area (Å²) >= 11 is 7.45. The smallest absolute Gasteiger partial charge is 0.246 e. The molecule has 0 aliphatic carbocycles. The lowest BCUT2D eigenvalue weighted by Gasteiger charge is -2.17. The number of thiophene rings is 1. The molecule has 3 rings (SSSR count). The van der Waals surface area contributed by atoms with Crippen LogP contribution in [0.1, 0.15) is 17.4 Å². The second-order valence-corrected chi connectivity index (χ2v) is 7.24. The van der Waals surface area contributed by atoms with E-state index in [4.69, 9.17) is 11.6 Å². The zero-order chi connectivity index (χ0) is 17.6. The Balaban J connectivity index is 1.66. The average molecular weight is 372 g/mol. The summed E-state index contributed by atoms with van der Waals surface area (Å²) in [6.45, 7) is 3.18. The van der Waals surface area contributed by atoms with Crippen molar-refractivity contribution in [2.45, 2.75) is 13.5 Å². The summed E-state index contributed by atoms with van der Waals surface area (Å²) < 4.78 is 2.53. The molecule has 0 saturated carbocycles. The van der Waals surface area contributed by atoms with Crippen LogP contribution >= 0.6 is 22.9 Å². The maximum atomic E-state index is 12.4. The molecule has 0 aliphatic heterocycles. The SMILES string of the molecule is CCN(Cc1ccc(Cl)s1)C(=O)/C=C/c1cnn(-c2ccccc2)c1. The highest BCUT2D eigenvalue weighted by molar-refractivity contribution is 7.16. The molecular formula is C19H18ClN3OS. The van der Waals surface area contributed by atoms with Gasteiger partial charge in [-0.15, -0.1) is 11.3 Å². The number of likely N-dealkylation sites (N-methyl/N-ethyl adjacent to an activating group) is 1. The van der Waals surface area contributed by atoms with E-state index in [2.05, 4.69) is 5.10 Å². The predicted molar refractivity (Wildman–Crippen MR) is 103 cm³/mol. The lowest BCUT2D eigenvalue weighted by Crippen LogP contribution is -2.28. The van der Waals surface area contributed by atoms with Crippen LogP contribution in [-0.2, 0) is 11.3 Å². The van der Waals surface area contributed by atoms with Crippen molar-refractivity contribution in [3.8, 4) is 5.69 Å². The Morgan fingerprint density at radius 3 is 2.76 bits per heavy atom. The quantitative estimate of drug-likeness (QED) is 0.591. The Hall–Kier alpha value is -2.37. The van der Waals surface area contributed by atoms with Crippen LogP contribution in [0.3, 0.4) is 0 Å². The first-order valence-corrected chi connectivity index (χ1v) is 9.16. The van der Waals surface area contributed by atoms with Crippen molar-refractivity contribution in [1.82, 2.24) is 14.7 Å². The van der Waals surface area contributed by atoms with E-state index in [1.54, 1.807) is 27.9 Å². The molecule has 2 aromatic heterocycles. The number of benzene rings is 1. The van der Waals surface area contributed by atoms with Gasteiger partial charge in [0.1, 0.15) is 0 Å². The van der Waals surface area contributed by atoms with Crippen LogP contribution in [0.5, 0.6) is 0 Å². The molecule has 1 amide bonds. The lowest BCUT2D eigenvalue weighted by molar-refractivity contribution is -0.126. The van der Waals surface area contributed by atoms with Gasteiger partial charge < -0.3 is 4.90 Å². The molecule has 3 aromatic rings. The molecule has 0 fully saturated rings. The largest absolute Gasteiger partial charge is 0.334 e. The normalized spacial score (nSPS) is 11.1. The molecular weight excluding hydrogens is 354 g/mol. The molecule has 1 aromatic carbocycles. The fourth-order valence-corrected chi connectivity index (χ4v) is 3.49. The third-order valence-corrected chi connectivity index (χ3v) is 4.93. The van der Waals surface area contributed by atoms with Crippen LogP contribution in [0, 0.1) is 0 Å². The summed E-state index contributed by atoms with van der Waals surface area (Å²) in [5, 5.41) is 4.33. The zero-order valence-electron chi connectivity index (χ0n) is 13.8. The molecule has 0 unspecified atom stereocenters. The second kappa shape index (κ2) is 8.14. The molecule has 0 aliphatic rings. The van der Waals surface area contributed by atoms with E-state index in [-0.39, 0.29) is 5.91 Å². The van der Waals surface area contributed by atoms with E-state index in [0.29, 0.717) is 13.1 Å². The van der Waals surface area contributed by atoms with Crippen LogP contribution in [0.25, 0.3) is 11.8 Å². The lowest BCUT2D eigenvalue weighted by atomic mass is 10.3. The number of carbonyl (C=O) groups excluding carboxylic acids is 1. The van der Waals surface area contributed by atoms with Crippen LogP contribution < -0.4 is 0 Å². The number of halogens is 1. The molecule has 4 nitrogen and oxygen atoms in total. The first-order valence-electron chi connectivity index (χ1n) is 7.97. The van der Waals surface area contributed by atoms with Crippen molar-refractivity contribution in [3.05, 3.63) is 75.7 Å². The van der Waals surface area contributed by atoms with Gasteiger partial charge in [-0.2, -0.15) is 5.10 Å². The summed E-state index contributed by atoms with van der Waals surface area (Å²) in [5.41, 5.74) is 1.87. The summed E-state index contributed by atoms with van der Waals surface area (Å²) in [6, 6.07) is 13.7. The van der Waals surface area contributed by atoms with Gasteiger partial charge in [-0.1, -0.05) is 29.8 Å². The van der Waals surface area contributed by atoms with Gasteiger partial charge in [0.15, 0.2) is 0 Å². The third kappa shape index (κ3) is 4.59. The Morgan fingerprint density at radius 1 is 1.28 bits per heavy atom. The van der Waals surface area contributed by atoms with Crippen molar-refractivity contribution < 1.29 is 4.79 Å². The zero-order valence-corrected chi connectivity index (χ0v) is 15.4. The number of hydrogen-bond acceptors (Lipinski definition) is 3. The number of carbonyl (C=O) groups is 1. The van der Waals surface area contributed by atoms with Crippen LogP contribution in [0.2, 0.25) is 4.34 Å². The van der Waals surface area contributed by atoms with Gasteiger partial charge in [0.05, 0.1) is 22.8 Å². The van der Waals surface area contributed by atoms with E-state index in [1.165, 1.54) is 11.3 Å². The Morgan fingerprint density at radius 2 is 2.08 bits per heavy atom. The standard InChI is InChI=1S/C19H18ClN3OS/c1-2-22(14-17-9-10-18(20)25-17)19(24)11-8-15-12-21-23(13-15)16-6-4-3-5-7-16/h3-13H,2,14H2,1H3/b11-8+. The Kier molecular flexibility index (Phi) is 5.68. The predicted octanol–water partition coefficient (Wildman–Crippen LogP) is 4.65. The van der Waals surface area contributed by atoms with E-state index in [0.717, 1.165) is 20.5 Å². The number of nitrogens with zero attached hydrogens (tertiary/aromatic N) is 3. The number of amides is 1. The molecule has 0 saturated heterocycles. The molecule has 0 atom stereocenters. The maximum Gasteiger partial charge on any atom is 0.246 e. The number of aromatic nitrogens is 2. The van der Waals surface area contributed by atoms with Gasteiger partial charge in [-0.05, 0) is 37.3 Å². The van der Waals surface area contributed by atoms with Gasteiger partial charge in [-0.25, -0.2) is 4.68 Å². The molecule has 25 heavy (non-hydrogen) atoms. The molecule has 0 N–H and O–H groups in total.